The Hall–Kier alpha value is -2.99. The van der Waals surface area contributed by atoms with E-state index >= 15 is 0 Å². The molecule has 0 saturated carbocycles. The molecule has 0 aliphatic carbocycles. The van der Waals surface area contributed by atoms with Crippen LogP contribution in [0.15, 0.2) is 72.8 Å². The van der Waals surface area contributed by atoms with Crippen molar-refractivity contribution >= 4 is 39.1 Å². The number of hydrogen-bond donors (Lipinski definition) is 0. The highest BCUT2D eigenvalue weighted by atomic mass is 32.1. The highest BCUT2D eigenvalue weighted by Crippen LogP contribution is 2.31. The Kier molecular flexibility index (Phi) is 4.28. The van der Waals surface area contributed by atoms with Crippen molar-refractivity contribution in [2.75, 3.05) is 0 Å². The molecule has 1 aromatic heterocycles. The minimum absolute atomic E-state index is 0.185. The van der Waals surface area contributed by atoms with E-state index in [4.69, 9.17) is 17.0 Å². The Labute approximate surface area is 158 Å². The Bertz CT molecular complexity index is 1100. The summed E-state index contributed by atoms with van der Waals surface area (Å²) in [5.41, 5.74) is 1.50. The van der Waals surface area contributed by atoms with Crippen molar-refractivity contribution in [2.45, 2.75) is 6.18 Å². The summed E-state index contributed by atoms with van der Waals surface area (Å²) < 4.78 is 43.9. The lowest BCUT2D eigenvalue weighted by molar-refractivity contribution is -0.137. The van der Waals surface area contributed by atoms with E-state index in [-0.39, 0.29) is 10.8 Å². The second kappa shape index (κ2) is 6.63. The third-order valence-corrected chi connectivity index (χ3v) is 4.47. The number of hydrogen-bond acceptors (Lipinski definition) is 3. The van der Waals surface area contributed by atoms with Gasteiger partial charge in [0.15, 0.2) is 5.05 Å². The zero-order valence-electron chi connectivity index (χ0n) is 13.8. The van der Waals surface area contributed by atoms with E-state index in [2.05, 4.69) is 4.98 Å². The van der Waals surface area contributed by atoms with Crippen molar-refractivity contribution in [3.05, 3.63) is 83.9 Å². The van der Waals surface area contributed by atoms with Gasteiger partial charge < -0.3 is 4.74 Å². The van der Waals surface area contributed by atoms with Gasteiger partial charge >= 0.3 is 6.18 Å². The number of benzene rings is 3. The molecule has 0 saturated heterocycles. The third kappa shape index (κ3) is 3.36. The SMILES string of the molecule is FC(F)(F)c1ccc(OC(=S)c2c3ccccc3nc3ccccc23)cc1. The van der Waals surface area contributed by atoms with Crippen LogP contribution < -0.4 is 4.74 Å². The predicted octanol–water partition coefficient (Wildman–Crippen LogP) is 6.16. The lowest BCUT2D eigenvalue weighted by Crippen LogP contribution is -2.10. The molecule has 0 fully saturated rings. The summed E-state index contributed by atoms with van der Waals surface area (Å²) in [5, 5.41) is 1.84. The molecule has 0 N–H and O–H groups in total. The highest BCUT2D eigenvalue weighted by molar-refractivity contribution is 7.80. The third-order valence-electron chi connectivity index (χ3n) is 4.18. The fourth-order valence-electron chi connectivity index (χ4n) is 2.93. The van der Waals surface area contributed by atoms with Crippen molar-refractivity contribution in [3.8, 4) is 5.75 Å². The lowest BCUT2D eigenvalue weighted by atomic mass is 10.0. The predicted molar refractivity (Wildman–Crippen MR) is 103 cm³/mol. The van der Waals surface area contributed by atoms with Gasteiger partial charge in [-0.3, -0.25) is 0 Å². The minimum atomic E-state index is -4.39. The fraction of sp³-hybridized carbons (Fsp3) is 0.0476. The maximum absolute atomic E-state index is 12.7. The molecule has 2 nitrogen and oxygen atoms in total. The van der Waals surface area contributed by atoms with Crippen molar-refractivity contribution in [1.82, 2.24) is 4.98 Å². The maximum Gasteiger partial charge on any atom is 0.416 e. The van der Waals surface area contributed by atoms with E-state index in [0.29, 0.717) is 5.56 Å². The minimum Gasteiger partial charge on any atom is -0.445 e. The van der Waals surface area contributed by atoms with Crippen LogP contribution in [0.3, 0.4) is 0 Å². The number of fused-ring (bicyclic) bond motifs is 2. The Morgan fingerprint density at radius 3 is 1.81 bits per heavy atom. The first-order valence-electron chi connectivity index (χ1n) is 8.10. The zero-order valence-corrected chi connectivity index (χ0v) is 14.6. The molecule has 4 rings (SSSR count). The maximum atomic E-state index is 12.7. The smallest absolute Gasteiger partial charge is 0.416 e. The van der Waals surface area contributed by atoms with E-state index < -0.39 is 11.7 Å². The summed E-state index contributed by atoms with van der Waals surface area (Å²) in [4.78, 5) is 4.63. The first-order valence-corrected chi connectivity index (χ1v) is 8.51. The van der Waals surface area contributed by atoms with Gasteiger partial charge in [-0.15, -0.1) is 0 Å². The molecular weight excluding hydrogens is 371 g/mol. The van der Waals surface area contributed by atoms with Crippen LogP contribution in [0, 0.1) is 0 Å². The van der Waals surface area contributed by atoms with Crippen LogP contribution in [0.5, 0.6) is 5.75 Å². The van der Waals surface area contributed by atoms with Gasteiger partial charge in [-0.05, 0) is 48.6 Å². The number of halogens is 3. The molecule has 1 heterocycles. The van der Waals surface area contributed by atoms with Crippen LogP contribution >= 0.6 is 12.2 Å². The number of nitrogens with zero attached hydrogens (tertiary/aromatic N) is 1. The molecule has 0 amide bonds. The number of ether oxygens (including phenoxy) is 1. The summed E-state index contributed by atoms with van der Waals surface area (Å²) >= 11 is 5.49. The van der Waals surface area contributed by atoms with Gasteiger partial charge in [0, 0.05) is 16.3 Å². The van der Waals surface area contributed by atoms with Crippen LogP contribution in [0.1, 0.15) is 11.1 Å². The number of para-hydroxylation sites is 2. The van der Waals surface area contributed by atoms with Crippen molar-refractivity contribution in [2.24, 2.45) is 0 Å². The normalized spacial score (nSPS) is 11.7. The second-order valence-corrected chi connectivity index (χ2v) is 6.30. The van der Waals surface area contributed by atoms with Crippen LogP contribution in [-0.4, -0.2) is 10.0 Å². The van der Waals surface area contributed by atoms with E-state index in [0.717, 1.165) is 33.9 Å². The van der Waals surface area contributed by atoms with E-state index in [9.17, 15) is 13.2 Å². The molecule has 0 bridgehead atoms. The van der Waals surface area contributed by atoms with E-state index in [1.54, 1.807) is 0 Å². The first-order chi connectivity index (χ1) is 12.9. The van der Waals surface area contributed by atoms with Crippen LogP contribution in [0.2, 0.25) is 0 Å². The lowest BCUT2D eigenvalue weighted by Gasteiger charge is -2.13. The molecule has 0 aliphatic rings. The summed E-state index contributed by atoms with van der Waals surface area (Å²) in [6.07, 6.45) is -4.39. The average Bonchev–Trinajstić information content (AvgIpc) is 2.65. The second-order valence-electron chi connectivity index (χ2n) is 5.93. The molecular formula is C21H12F3NOS. The van der Waals surface area contributed by atoms with Crippen molar-refractivity contribution in [1.29, 1.82) is 0 Å². The number of aromatic nitrogens is 1. The van der Waals surface area contributed by atoms with E-state index in [1.165, 1.54) is 12.1 Å². The summed E-state index contributed by atoms with van der Waals surface area (Å²) in [7, 11) is 0. The summed E-state index contributed by atoms with van der Waals surface area (Å²) in [6, 6.07) is 19.5. The first kappa shape index (κ1) is 17.4. The number of rotatable bonds is 2. The summed E-state index contributed by atoms with van der Waals surface area (Å²) in [5.74, 6) is 0.248. The van der Waals surface area contributed by atoms with Gasteiger partial charge in [-0.1, -0.05) is 36.4 Å². The molecule has 0 radical (unpaired) electrons. The molecule has 0 atom stereocenters. The number of pyridine rings is 1. The van der Waals surface area contributed by atoms with Crippen LogP contribution in [0.4, 0.5) is 13.2 Å². The van der Waals surface area contributed by atoms with Crippen LogP contribution in [0.25, 0.3) is 21.8 Å². The van der Waals surface area contributed by atoms with Gasteiger partial charge in [0.05, 0.1) is 16.6 Å². The van der Waals surface area contributed by atoms with Crippen molar-refractivity contribution in [3.63, 3.8) is 0 Å². The average molecular weight is 383 g/mol. The van der Waals surface area contributed by atoms with Gasteiger partial charge in [0.2, 0.25) is 0 Å². The van der Waals surface area contributed by atoms with Crippen LogP contribution in [-0.2, 0) is 6.18 Å². The molecule has 4 aromatic rings. The van der Waals surface area contributed by atoms with Gasteiger partial charge in [0.1, 0.15) is 5.75 Å². The number of alkyl halides is 3. The monoisotopic (exact) mass is 383 g/mol. The molecule has 27 heavy (non-hydrogen) atoms. The molecule has 0 aliphatic heterocycles. The molecule has 134 valence electrons. The zero-order chi connectivity index (χ0) is 19.0. The standard InChI is InChI=1S/C21H12F3NOS/c22-21(23,24)13-9-11-14(12-10-13)26-20(27)19-15-5-1-3-7-17(15)25-18-8-4-2-6-16(18)19/h1-12H. The van der Waals surface area contributed by atoms with E-state index in [1.807, 2.05) is 48.5 Å². The quantitative estimate of drug-likeness (QED) is 0.306. The molecule has 0 unspecified atom stereocenters. The topological polar surface area (TPSA) is 22.1 Å². The van der Waals surface area contributed by atoms with Crippen molar-refractivity contribution < 1.29 is 17.9 Å². The Morgan fingerprint density at radius 1 is 0.778 bits per heavy atom. The summed E-state index contributed by atoms with van der Waals surface area (Å²) in [6.45, 7) is 0. The van der Waals surface area contributed by atoms with Gasteiger partial charge in [-0.2, -0.15) is 13.2 Å². The molecule has 3 aromatic carbocycles. The fourth-order valence-corrected chi connectivity index (χ4v) is 3.25. The number of thiocarbonyl (C=S) groups is 1. The molecule has 0 spiro atoms. The van der Waals surface area contributed by atoms with Gasteiger partial charge in [0.25, 0.3) is 0 Å². The Morgan fingerprint density at radius 2 is 1.30 bits per heavy atom. The largest absolute Gasteiger partial charge is 0.445 e. The Balaban J connectivity index is 1.78. The van der Waals surface area contributed by atoms with Gasteiger partial charge in [-0.25, -0.2) is 4.98 Å². The molecule has 6 heteroatoms. The highest BCUT2D eigenvalue weighted by Gasteiger charge is 2.30.